The van der Waals surface area contributed by atoms with Crippen molar-refractivity contribution in [1.82, 2.24) is 14.8 Å². The van der Waals surface area contributed by atoms with Crippen molar-refractivity contribution in [3.63, 3.8) is 0 Å². The van der Waals surface area contributed by atoms with Crippen LogP contribution in [0.25, 0.3) is 11.3 Å². The van der Waals surface area contributed by atoms with Gasteiger partial charge in [-0.05, 0) is 61.4 Å². The molecule has 0 spiro atoms. The topological polar surface area (TPSA) is 107 Å². The second kappa shape index (κ2) is 11.2. The van der Waals surface area contributed by atoms with Crippen LogP contribution in [-0.4, -0.2) is 45.8 Å². The van der Waals surface area contributed by atoms with Crippen LogP contribution in [0.15, 0.2) is 30.5 Å². The first kappa shape index (κ1) is 27.5. The summed E-state index contributed by atoms with van der Waals surface area (Å²) in [5.74, 6) is -2.73. The molecular weight excluding hydrogens is 518 g/mol. The van der Waals surface area contributed by atoms with Crippen LogP contribution in [0.4, 0.5) is 23.2 Å². The van der Waals surface area contributed by atoms with Gasteiger partial charge in [0.15, 0.2) is 6.23 Å². The Hall–Kier alpha value is -3.06. The number of nitrogens with two attached hydrogens (primary N) is 1. The molecule has 2 unspecified atom stereocenters. The summed E-state index contributed by atoms with van der Waals surface area (Å²) < 4.78 is 71.8. The molecule has 1 saturated heterocycles. The van der Waals surface area contributed by atoms with E-state index in [-0.39, 0.29) is 18.2 Å². The summed E-state index contributed by atoms with van der Waals surface area (Å²) in [7, 11) is 3.16. The maximum Gasteiger partial charge on any atom is 0.168 e. The minimum absolute atomic E-state index is 0.0792. The van der Waals surface area contributed by atoms with Gasteiger partial charge in [0.05, 0.1) is 41.5 Å². The number of aromatic nitrogens is 3. The minimum atomic E-state index is -1.49. The highest BCUT2D eigenvalue weighted by molar-refractivity contribution is 5.63. The van der Waals surface area contributed by atoms with E-state index in [4.69, 9.17) is 15.2 Å². The van der Waals surface area contributed by atoms with Gasteiger partial charge < -0.3 is 25.6 Å². The third-order valence-electron chi connectivity index (χ3n) is 7.35. The van der Waals surface area contributed by atoms with Gasteiger partial charge in [0.1, 0.15) is 35.4 Å². The molecule has 1 saturated carbocycles. The van der Waals surface area contributed by atoms with Crippen LogP contribution in [0.3, 0.4) is 0 Å². The van der Waals surface area contributed by atoms with Crippen molar-refractivity contribution in [2.75, 3.05) is 19.0 Å². The third-order valence-corrected chi connectivity index (χ3v) is 7.35. The van der Waals surface area contributed by atoms with E-state index in [1.807, 2.05) is 0 Å². The maximum absolute atomic E-state index is 15.1. The number of methoxy groups -OCH3 is 1. The van der Waals surface area contributed by atoms with Gasteiger partial charge in [0.25, 0.3) is 0 Å². The number of pyridine rings is 1. The molecular formula is C27H31F4N5O3. The summed E-state index contributed by atoms with van der Waals surface area (Å²) in [6.45, 7) is -0.177. The van der Waals surface area contributed by atoms with Crippen LogP contribution in [0, 0.1) is 23.4 Å². The summed E-state index contributed by atoms with van der Waals surface area (Å²) in [5, 5.41) is 18.0. The minimum Gasteiger partial charge on any atom is -0.376 e. The monoisotopic (exact) mass is 549 g/mol. The maximum atomic E-state index is 15.1. The van der Waals surface area contributed by atoms with Gasteiger partial charge in [-0.25, -0.2) is 22.5 Å². The van der Waals surface area contributed by atoms with E-state index in [2.05, 4.69) is 15.4 Å². The molecule has 5 rings (SSSR count). The van der Waals surface area contributed by atoms with Crippen molar-refractivity contribution in [3.8, 4) is 11.3 Å². The Morgan fingerprint density at radius 1 is 1.13 bits per heavy atom. The fraction of sp³-hybridized carbons (Fsp3) is 0.481. The summed E-state index contributed by atoms with van der Waals surface area (Å²) in [4.78, 5) is 4.06. The number of hydrogen-bond acceptors (Lipinski definition) is 7. The standard InChI is InChI=1S/C27H31F4N5O3/c1-36-25(22-8-6-19(32)18(31)12-39-22)21(11-33-36)35-27(37)20-7-5-15(28)24(34-20)23-16(29)9-14(10-17(23)30)26(38-2)13-3-4-13/h5,7,9-11,13,18-19,22,26-27,35,37H,3-4,6,8,12,32H2,1-2H3/t18-,19-,22+,26?,27?/m1/s1. The Labute approximate surface area is 223 Å². The van der Waals surface area contributed by atoms with Crippen molar-refractivity contribution in [2.45, 2.75) is 56.3 Å². The zero-order valence-electron chi connectivity index (χ0n) is 21.6. The number of benzene rings is 1. The molecule has 5 atom stereocenters. The van der Waals surface area contributed by atoms with Crippen LogP contribution in [0.2, 0.25) is 0 Å². The van der Waals surface area contributed by atoms with Crippen molar-refractivity contribution in [3.05, 3.63) is 64.9 Å². The summed E-state index contributed by atoms with van der Waals surface area (Å²) in [5.41, 5.74) is 5.81. The Morgan fingerprint density at radius 3 is 2.51 bits per heavy atom. The highest BCUT2D eigenvalue weighted by atomic mass is 19.1. The highest BCUT2D eigenvalue weighted by Gasteiger charge is 2.34. The van der Waals surface area contributed by atoms with Crippen LogP contribution >= 0.6 is 0 Å². The second-order valence-corrected chi connectivity index (χ2v) is 10.1. The number of aryl methyl sites for hydroxylation is 1. The Morgan fingerprint density at radius 2 is 1.85 bits per heavy atom. The van der Waals surface area contributed by atoms with Gasteiger partial charge in [0, 0.05) is 20.2 Å². The first-order valence-electron chi connectivity index (χ1n) is 12.8. The SMILES string of the molecule is COC(c1cc(F)c(-c2nc(C(O)Nc3cnn(C)c3[C@@H]3CC[C@@H](N)[C@H](F)CO3)ccc2F)c(F)c1)C1CC1. The molecule has 0 radical (unpaired) electrons. The molecule has 1 aliphatic carbocycles. The molecule has 2 aliphatic rings. The predicted molar refractivity (Wildman–Crippen MR) is 135 cm³/mol. The van der Waals surface area contributed by atoms with E-state index in [1.165, 1.54) is 24.1 Å². The lowest BCUT2D eigenvalue weighted by molar-refractivity contribution is 0.0246. The zero-order chi connectivity index (χ0) is 27.8. The summed E-state index contributed by atoms with van der Waals surface area (Å²) >= 11 is 0. The van der Waals surface area contributed by atoms with Crippen LogP contribution in [-0.2, 0) is 16.5 Å². The quantitative estimate of drug-likeness (QED) is 0.278. The molecule has 0 amide bonds. The Kier molecular flexibility index (Phi) is 7.90. The van der Waals surface area contributed by atoms with Crippen molar-refractivity contribution in [2.24, 2.45) is 18.7 Å². The fourth-order valence-corrected chi connectivity index (χ4v) is 5.08. The summed E-state index contributed by atoms with van der Waals surface area (Å²) in [6, 6.07) is 3.82. The second-order valence-electron chi connectivity index (χ2n) is 10.1. The summed E-state index contributed by atoms with van der Waals surface area (Å²) in [6.07, 6.45) is 0.315. The number of halogens is 4. The molecule has 1 aromatic carbocycles. The lowest BCUT2D eigenvalue weighted by Crippen LogP contribution is -2.32. The normalized spacial score (nSPS) is 23.3. The fourth-order valence-electron chi connectivity index (χ4n) is 5.08. The van der Waals surface area contributed by atoms with Crippen molar-refractivity contribution < 1.29 is 32.1 Å². The van der Waals surface area contributed by atoms with Gasteiger partial charge in [-0.3, -0.25) is 4.68 Å². The predicted octanol–water partition coefficient (Wildman–Crippen LogP) is 4.62. The number of rotatable bonds is 8. The number of nitrogens with zero attached hydrogens (tertiary/aromatic N) is 3. The number of hydrogen-bond donors (Lipinski definition) is 3. The van der Waals surface area contributed by atoms with E-state index in [0.717, 1.165) is 31.0 Å². The molecule has 1 aliphatic heterocycles. The number of alkyl halides is 1. The Balaban J connectivity index is 1.40. The van der Waals surface area contributed by atoms with E-state index >= 15 is 8.78 Å². The van der Waals surface area contributed by atoms with Gasteiger partial charge >= 0.3 is 0 Å². The van der Waals surface area contributed by atoms with Gasteiger partial charge in [-0.1, -0.05) is 0 Å². The molecule has 2 fully saturated rings. The highest BCUT2D eigenvalue weighted by Crippen LogP contribution is 2.44. The zero-order valence-corrected chi connectivity index (χ0v) is 21.6. The largest absolute Gasteiger partial charge is 0.376 e. The van der Waals surface area contributed by atoms with Gasteiger partial charge in [0.2, 0.25) is 0 Å². The van der Waals surface area contributed by atoms with Crippen LogP contribution < -0.4 is 11.1 Å². The third kappa shape index (κ3) is 5.65. The molecule has 3 aromatic rings. The first-order chi connectivity index (χ1) is 18.7. The Bertz CT molecular complexity index is 1300. The average molecular weight is 550 g/mol. The van der Waals surface area contributed by atoms with Crippen molar-refractivity contribution >= 4 is 5.69 Å². The molecule has 0 bridgehead atoms. The smallest absolute Gasteiger partial charge is 0.168 e. The molecule has 210 valence electrons. The molecule has 8 nitrogen and oxygen atoms in total. The lowest BCUT2D eigenvalue weighted by atomic mass is 10.00. The molecule has 4 N–H and O–H groups in total. The van der Waals surface area contributed by atoms with Crippen LogP contribution in [0.1, 0.15) is 61.1 Å². The van der Waals surface area contributed by atoms with E-state index in [1.54, 1.807) is 7.05 Å². The first-order valence-corrected chi connectivity index (χ1v) is 12.8. The lowest BCUT2D eigenvalue weighted by Gasteiger charge is -2.20. The van der Waals surface area contributed by atoms with Gasteiger partial charge in [-0.2, -0.15) is 5.10 Å². The number of anilines is 1. The molecule has 2 aromatic heterocycles. The van der Waals surface area contributed by atoms with E-state index in [0.29, 0.717) is 29.8 Å². The number of ether oxygens (including phenoxy) is 2. The van der Waals surface area contributed by atoms with Crippen molar-refractivity contribution in [1.29, 1.82) is 0 Å². The number of aliphatic hydroxyl groups is 1. The van der Waals surface area contributed by atoms with Crippen LogP contribution in [0.5, 0.6) is 0 Å². The molecule has 12 heteroatoms. The number of aliphatic hydroxyl groups excluding tert-OH is 1. The average Bonchev–Trinajstić information content (AvgIpc) is 3.69. The molecule has 3 heterocycles. The van der Waals surface area contributed by atoms with Gasteiger partial charge in [-0.15, -0.1) is 0 Å². The molecule has 39 heavy (non-hydrogen) atoms. The van der Waals surface area contributed by atoms with E-state index in [9.17, 15) is 13.9 Å². The van der Waals surface area contributed by atoms with E-state index < -0.39 is 59.4 Å². The number of nitrogens with one attached hydrogen (secondary N) is 1.